The molecule has 0 spiro atoms. The highest BCUT2D eigenvalue weighted by molar-refractivity contribution is 6.05. The molecule has 0 saturated heterocycles. The summed E-state index contributed by atoms with van der Waals surface area (Å²) in [5, 5.41) is 6.24. The highest BCUT2D eigenvalue weighted by Crippen LogP contribution is 2.26. The molecule has 3 rings (SSSR count). The Kier molecular flexibility index (Phi) is 3.13. The van der Waals surface area contributed by atoms with Crippen molar-refractivity contribution in [2.45, 2.75) is 51.0 Å². The molecule has 18 heavy (non-hydrogen) atoms. The van der Waals surface area contributed by atoms with Gasteiger partial charge in [0.25, 0.3) is 0 Å². The Morgan fingerprint density at radius 3 is 2.89 bits per heavy atom. The van der Waals surface area contributed by atoms with Crippen molar-refractivity contribution in [3.05, 3.63) is 18.2 Å². The fraction of sp³-hybridized carbons (Fsp3) is 0.615. The van der Waals surface area contributed by atoms with Gasteiger partial charge in [-0.05, 0) is 12.8 Å². The zero-order chi connectivity index (χ0) is 12.4. The predicted octanol–water partition coefficient (Wildman–Crippen LogP) is 1.87. The molecule has 0 atom stereocenters. The molecule has 96 valence electrons. The lowest BCUT2D eigenvalue weighted by molar-refractivity contribution is -0.131. The number of carbonyl (C=O) groups excluding carboxylic acids is 1. The van der Waals surface area contributed by atoms with Crippen LogP contribution in [0.15, 0.2) is 17.5 Å². The minimum Gasteiger partial charge on any atom is -0.348 e. The van der Waals surface area contributed by atoms with Gasteiger partial charge < -0.3 is 4.98 Å². The molecule has 1 fully saturated rings. The molecular formula is C13H18N4O. The van der Waals surface area contributed by atoms with E-state index in [1.165, 1.54) is 19.3 Å². The lowest BCUT2D eigenvalue weighted by atomic mass is 9.95. The molecule has 1 aromatic rings. The molecule has 2 aliphatic rings. The monoisotopic (exact) mass is 246 g/mol. The van der Waals surface area contributed by atoms with Gasteiger partial charge in [-0.1, -0.05) is 19.3 Å². The second kappa shape index (κ2) is 4.92. The van der Waals surface area contributed by atoms with Crippen molar-refractivity contribution >= 4 is 11.6 Å². The average Bonchev–Trinajstić information content (AvgIpc) is 3.01. The van der Waals surface area contributed by atoms with Crippen LogP contribution >= 0.6 is 0 Å². The van der Waals surface area contributed by atoms with Crippen molar-refractivity contribution in [1.29, 1.82) is 0 Å². The van der Waals surface area contributed by atoms with Crippen molar-refractivity contribution in [3.8, 4) is 0 Å². The molecule has 5 nitrogen and oxygen atoms in total. The van der Waals surface area contributed by atoms with E-state index in [4.69, 9.17) is 0 Å². The summed E-state index contributed by atoms with van der Waals surface area (Å²) in [6, 6.07) is 0.334. The van der Waals surface area contributed by atoms with E-state index >= 15 is 0 Å². The first-order valence-corrected chi connectivity index (χ1v) is 6.69. The van der Waals surface area contributed by atoms with Gasteiger partial charge in [-0.2, -0.15) is 5.10 Å². The molecular weight excluding hydrogens is 228 g/mol. The van der Waals surface area contributed by atoms with E-state index in [1.807, 2.05) is 0 Å². The van der Waals surface area contributed by atoms with Crippen LogP contribution in [0, 0.1) is 0 Å². The summed E-state index contributed by atoms with van der Waals surface area (Å²) < 4.78 is 0. The molecule has 1 amide bonds. The number of hydrogen-bond acceptors (Lipinski definition) is 3. The largest absolute Gasteiger partial charge is 0.348 e. The number of hydrogen-bond donors (Lipinski definition) is 1. The van der Waals surface area contributed by atoms with Gasteiger partial charge >= 0.3 is 0 Å². The summed E-state index contributed by atoms with van der Waals surface area (Å²) in [5.74, 6) is 1.04. The van der Waals surface area contributed by atoms with Crippen molar-refractivity contribution in [2.24, 2.45) is 5.10 Å². The smallest absolute Gasteiger partial charge is 0.248 e. The molecule has 1 aromatic heterocycles. The van der Waals surface area contributed by atoms with Crippen LogP contribution in [0.1, 0.15) is 44.3 Å². The van der Waals surface area contributed by atoms with Gasteiger partial charge in [-0.25, -0.2) is 9.99 Å². The number of nitrogens with one attached hydrogen (secondary N) is 1. The summed E-state index contributed by atoms with van der Waals surface area (Å²) >= 11 is 0. The average molecular weight is 246 g/mol. The number of aromatic nitrogens is 2. The van der Waals surface area contributed by atoms with Gasteiger partial charge in [-0.3, -0.25) is 4.79 Å². The molecule has 1 aliphatic heterocycles. The van der Waals surface area contributed by atoms with Crippen LogP contribution in [-0.4, -0.2) is 32.6 Å². The van der Waals surface area contributed by atoms with E-state index in [0.717, 1.165) is 24.4 Å². The standard InChI is InChI=1S/C13H18N4O/c18-13-9-10(8-12-14-6-7-15-12)16-17(13)11-4-2-1-3-5-11/h6-7,11H,1-5,8-9H2,(H,14,15). The third-order valence-electron chi connectivity index (χ3n) is 3.71. The number of amides is 1. The van der Waals surface area contributed by atoms with Gasteiger partial charge in [0.05, 0.1) is 18.2 Å². The Morgan fingerprint density at radius 1 is 1.33 bits per heavy atom. The maximum absolute atomic E-state index is 12.0. The number of imidazole rings is 1. The van der Waals surface area contributed by atoms with Gasteiger partial charge in [-0.15, -0.1) is 0 Å². The molecule has 0 bridgehead atoms. The van der Waals surface area contributed by atoms with Gasteiger partial charge in [0.2, 0.25) is 5.91 Å². The highest BCUT2D eigenvalue weighted by atomic mass is 16.2. The zero-order valence-electron chi connectivity index (χ0n) is 10.4. The number of carbonyl (C=O) groups is 1. The fourth-order valence-corrected chi connectivity index (χ4v) is 2.80. The van der Waals surface area contributed by atoms with E-state index in [9.17, 15) is 4.79 Å². The number of aromatic amines is 1. The first-order chi connectivity index (χ1) is 8.83. The van der Waals surface area contributed by atoms with E-state index in [-0.39, 0.29) is 5.91 Å². The fourth-order valence-electron chi connectivity index (χ4n) is 2.80. The van der Waals surface area contributed by atoms with Crippen LogP contribution in [0.2, 0.25) is 0 Å². The van der Waals surface area contributed by atoms with E-state index in [0.29, 0.717) is 18.9 Å². The van der Waals surface area contributed by atoms with Crippen LogP contribution < -0.4 is 0 Å². The predicted molar refractivity (Wildman–Crippen MR) is 68.1 cm³/mol. The first-order valence-electron chi connectivity index (χ1n) is 6.69. The molecule has 0 aromatic carbocycles. The zero-order valence-corrected chi connectivity index (χ0v) is 10.4. The molecule has 2 heterocycles. The molecule has 1 saturated carbocycles. The summed E-state index contributed by atoms with van der Waals surface area (Å²) in [6.45, 7) is 0. The van der Waals surface area contributed by atoms with Crippen LogP contribution in [0.3, 0.4) is 0 Å². The van der Waals surface area contributed by atoms with E-state index in [2.05, 4.69) is 15.1 Å². The molecule has 0 radical (unpaired) electrons. The topological polar surface area (TPSA) is 61.4 Å². The highest BCUT2D eigenvalue weighted by Gasteiger charge is 2.31. The van der Waals surface area contributed by atoms with Crippen molar-refractivity contribution in [3.63, 3.8) is 0 Å². The maximum Gasteiger partial charge on any atom is 0.248 e. The Labute approximate surface area is 106 Å². The minimum absolute atomic E-state index is 0.156. The van der Waals surface area contributed by atoms with Crippen LogP contribution in [0.4, 0.5) is 0 Å². The van der Waals surface area contributed by atoms with Crippen LogP contribution in [0.5, 0.6) is 0 Å². The lowest BCUT2D eigenvalue weighted by Crippen LogP contribution is -2.34. The van der Waals surface area contributed by atoms with Crippen LogP contribution in [0.25, 0.3) is 0 Å². The first kappa shape index (κ1) is 11.4. The second-order valence-electron chi connectivity index (χ2n) is 5.09. The summed E-state index contributed by atoms with van der Waals surface area (Å²) in [6.07, 6.45) is 10.6. The quantitative estimate of drug-likeness (QED) is 0.885. The molecule has 5 heteroatoms. The van der Waals surface area contributed by atoms with E-state index < -0.39 is 0 Å². The maximum atomic E-state index is 12.0. The Morgan fingerprint density at radius 2 is 2.17 bits per heavy atom. The Bertz CT molecular complexity index is 446. The van der Waals surface area contributed by atoms with E-state index in [1.54, 1.807) is 17.4 Å². The third-order valence-corrected chi connectivity index (χ3v) is 3.71. The van der Waals surface area contributed by atoms with Gasteiger partial charge in [0.15, 0.2) is 0 Å². The van der Waals surface area contributed by atoms with Gasteiger partial charge in [0.1, 0.15) is 5.82 Å². The Balaban J connectivity index is 1.68. The summed E-state index contributed by atoms with van der Waals surface area (Å²) in [5.41, 5.74) is 0.931. The van der Waals surface area contributed by atoms with Crippen molar-refractivity contribution in [2.75, 3.05) is 0 Å². The normalized spacial score (nSPS) is 21.4. The SMILES string of the molecule is O=C1CC(Cc2ncc[nH]2)=NN1C1CCCCC1. The molecule has 1 N–H and O–H groups in total. The van der Waals surface area contributed by atoms with Gasteiger partial charge in [0, 0.05) is 18.8 Å². The summed E-state index contributed by atoms with van der Waals surface area (Å²) in [7, 11) is 0. The van der Waals surface area contributed by atoms with Crippen molar-refractivity contribution < 1.29 is 4.79 Å². The number of nitrogens with zero attached hydrogens (tertiary/aromatic N) is 3. The van der Waals surface area contributed by atoms with Crippen LogP contribution in [-0.2, 0) is 11.2 Å². The number of rotatable bonds is 3. The lowest BCUT2D eigenvalue weighted by Gasteiger charge is -2.27. The Hall–Kier alpha value is -1.65. The number of hydrazone groups is 1. The number of H-pyrrole nitrogens is 1. The minimum atomic E-state index is 0.156. The van der Waals surface area contributed by atoms with Crippen molar-refractivity contribution in [1.82, 2.24) is 15.0 Å². The third kappa shape index (κ3) is 2.30. The second-order valence-corrected chi connectivity index (χ2v) is 5.09. The molecule has 1 aliphatic carbocycles. The summed E-state index contributed by atoms with van der Waals surface area (Å²) in [4.78, 5) is 19.2. The molecule has 0 unspecified atom stereocenters.